The van der Waals surface area contributed by atoms with Crippen molar-refractivity contribution in [3.8, 4) is 0 Å². The van der Waals surface area contributed by atoms with Crippen molar-refractivity contribution in [1.29, 1.82) is 0 Å². The van der Waals surface area contributed by atoms with Gasteiger partial charge in [-0.25, -0.2) is 0 Å². The largest absolute Gasteiger partial charge is 0.351 e. The maximum absolute atomic E-state index is 12.2. The van der Waals surface area contributed by atoms with E-state index in [1.807, 2.05) is 6.07 Å². The maximum Gasteiger partial charge on any atom is 0.252 e. The monoisotopic (exact) mass is 407 g/mol. The van der Waals surface area contributed by atoms with E-state index < -0.39 is 0 Å². The van der Waals surface area contributed by atoms with Crippen LogP contribution in [0.2, 0.25) is 5.02 Å². The molecule has 0 aliphatic heterocycles. The first-order valence-corrected chi connectivity index (χ1v) is 8.65. The number of hydrogen-bond acceptors (Lipinski definition) is 1. The van der Waals surface area contributed by atoms with Crippen LogP contribution in [0.4, 0.5) is 0 Å². The topological polar surface area (TPSA) is 29.1 Å². The summed E-state index contributed by atoms with van der Waals surface area (Å²) in [7, 11) is 0. The Hall–Kier alpha value is -0.0600. The molecule has 0 spiro atoms. The molecule has 2 nitrogen and oxygen atoms in total. The van der Waals surface area contributed by atoms with Crippen molar-refractivity contribution in [2.75, 3.05) is 11.9 Å². The standard InChI is InChI=1S/C14H16Br2ClNO/c15-8-14(5-1-2-6-14)9-18-13(19)11-7-10(16)3-4-12(11)17/h3-4,7H,1-2,5-6,8-9H2,(H,18,19). The van der Waals surface area contributed by atoms with E-state index in [1.54, 1.807) is 12.1 Å². The van der Waals surface area contributed by atoms with Gasteiger partial charge in [0.15, 0.2) is 0 Å². The summed E-state index contributed by atoms with van der Waals surface area (Å²) in [6.07, 6.45) is 4.84. The predicted octanol–water partition coefficient (Wildman–Crippen LogP) is 4.79. The molecule has 0 heterocycles. The molecule has 1 fully saturated rings. The van der Waals surface area contributed by atoms with Gasteiger partial charge in [-0.15, -0.1) is 0 Å². The lowest BCUT2D eigenvalue weighted by atomic mass is 9.89. The highest BCUT2D eigenvalue weighted by atomic mass is 79.9. The van der Waals surface area contributed by atoms with Crippen LogP contribution in [0, 0.1) is 5.41 Å². The first kappa shape index (κ1) is 15.3. The first-order valence-electron chi connectivity index (χ1n) is 6.36. The van der Waals surface area contributed by atoms with E-state index >= 15 is 0 Å². The fourth-order valence-corrected chi connectivity index (χ4v) is 3.84. The smallest absolute Gasteiger partial charge is 0.252 e. The number of amides is 1. The Kier molecular flexibility index (Phi) is 5.32. The van der Waals surface area contributed by atoms with Gasteiger partial charge in [-0.2, -0.15) is 0 Å². The number of rotatable bonds is 4. The molecule has 19 heavy (non-hydrogen) atoms. The number of benzene rings is 1. The summed E-state index contributed by atoms with van der Waals surface area (Å²) in [4.78, 5) is 12.2. The van der Waals surface area contributed by atoms with Gasteiger partial charge >= 0.3 is 0 Å². The van der Waals surface area contributed by atoms with Gasteiger partial charge in [0.2, 0.25) is 0 Å². The SMILES string of the molecule is O=C(NCC1(CBr)CCCC1)c1cc(Br)ccc1Cl. The van der Waals surface area contributed by atoms with Crippen LogP contribution in [-0.4, -0.2) is 17.8 Å². The van der Waals surface area contributed by atoms with E-state index in [1.165, 1.54) is 25.7 Å². The molecule has 5 heteroatoms. The van der Waals surface area contributed by atoms with Gasteiger partial charge in [-0.3, -0.25) is 4.79 Å². The number of alkyl halides is 1. The lowest BCUT2D eigenvalue weighted by Crippen LogP contribution is -2.37. The van der Waals surface area contributed by atoms with Crippen molar-refractivity contribution < 1.29 is 4.79 Å². The van der Waals surface area contributed by atoms with Crippen molar-refractivity contribution >= 4 is 49.4 Å². The quantitative estimate of drug-likeness (QED) is 0.712. The number of halogens is 3. The summed E-state index contributed by atoms with van der Waals surface area (Å²) in [5.41, 5.74) is 0.743. The molecule has 1 aliphatic rings. The molecule has 1 saturated carbocycles. The Morgan fingerprint density at radius 3 is 2.68 bits per heavy atom. The van der Waals surface area contributed by atoms with Crippen molar-refractivity contribution in [2.45, 2.75) is 25.7 Å². The number of carbonyl (C=O) groups is 1. The van der Waals surface area contributed by atoms with Crippen molar-refractivity contribution in [2.24, 2.45) is 5.41 Å². The molecule has 0 radical (unpaired) electrons. The molecule has 1 aromatic rings. The number of hydrogen-bond donors (Lipinski definition) is 1. The van der Waals surface area contributed by atoms with E-state index in [9.17, 15) is 4.79 Å². The molecular formula is C14H16Br2ClNO. The average molecular weight is 410 g/mol. The van der Waals surface area contributed by atoms with Crippen LogP contribution in [0.1, 0.15) is 36.0 Å². The van der Waals surface area contributed by atoms with Crippen LogP contribution in [0.3, 0.4) is 0 Å². The Morgan fingerprint density at radius 2 is 2.05 bits per heavy atom. The van der Waals surface area contributed by atoms with Crippen LogP contribution >= 0.6 is 43.5 Å². The summed E-state index contributed by atoms with van der Waals surface area (Å²) < 4.78 is 0.859. The summed E-state index contributed by atoms with van der Waals surface area (Å²) >= 11 is 13.0. The Balaban J connectivity index is 2.03. The van der Waals surface area contributed by atoms with E-state index in [0.29, 0.717) is 17.1 Å². The van der Waals surface area contributed by atoms with Gasteiger partial charge in [0, 0.05) is 16.3 Å². The summed E-state index contributed by atoms with van der Waals surface area (Å²) in [6, 6.07) is 5.32. The van der Waals surface area contributed by atoms with Gasteiger partial charge < -0.3 is 5.32 Å². The molecule has 1 aromatic carbocycles. The zero-order valence-electron chi connectivity index (χ0n) is 10.5. The zero-order valence-corrected chi connectivity index (χ0v) is 14.4. The van der Waals surface area contributed by atoms with E-state index in [0.717, 1.165) is 9.80 Å². The minimum absolute atomic E-state index is 0.0986. The van der Waals surface area contributed by atoms with Crippen molar-refractivity contribution in [1.82, 2.24) is 5.32 Å². The van der Waals surface area contributed by atoms with Gasteiger partial charge in [0.25, 0.3) is 5.91 Å². The third-order valence-electron chi connectivity index (χ3n) is 3.74. The minimum atomic E-state index is -0.0986. The van der Waals surface area contributed by atoms with E-state index in [4.69, 9.17) is 11.6 Å². The van der Waals surface area contributed by atoms with Gasteiger partial charge in [-0.05, 0) is 36.5 Å². The normalized spacial score (nSPS) is 17.4. The van der Waals surface area contributed by atoms with Crippen molar-refractivity contribution in [3.63, 3.8) is 0 Å². The van der Waals surface area contributed by atoms with Crippen LogP contribution in [0.15, 0.2) is 22.7 Å². The second-order valence-electron chi connectivity index (χ2n) is 5.15. The first-order chi connectivity index (χ1) is 9.06. The highest BCUT2D eigenvalue weighted by molar-refractivity contribution is 9.10. The van der Waals surface area contributed by atoms with Crippen LogP contribution < -0.4 is 5.32 Å². The van der Waals surface area contributed by atoms with Gasteiger partial charge in [-0.1, -0.05) is 56.3 Å². The molecule has 0 saturated heterocycles. The van der Waals surface area contributed by atoms with Crippen LogP contribution in [-0.2, 0) is 0 Å². The third kappa shape index (κ3) is 3.73. The second kappa shape index (κ2) is 6.59. The Bertz CT molecular complexity index is 473. The predicted molar refractivity (Wildman–Crippen MR) is 86.2 cm³/mol. The second-order valence-corrected chi connectivity index (χ2v) is 7.03. The highest BCUT2D eigenvalue weighted by Gasteiger charge is 2.33. The molecule has 0 atom stereocenters. The van der Waals surface area contributed by atoms with Gasteiger partial charge in [0.1, 0.15) is 0 Å². The third-order valence-corrected chi connectivity index (χ3v) is 5.76. The summed E-state index contributed by atoms with van der Waals surface area (Å²) in [5.74, 6) is -0.0986. The minimum Gasteiger partial charge on any atom is -0.351 e. The lowest BCUT2D eigenvalue weighted by molar-refractivity contribution is 0.0935. The maximum atomic E-state index is 12.2. The van der Waals surface area contributed by atoms with E-state index in [2.05, 4.69) is 37.2 Å². The molecule has 104 valence electrons. The van der Waals surface area contributed by atoms with Crippen molar-refractivity contribution in [3.05, 3.63) is 33.3 Å². The highest BCUT2D eigenvalue weighted by Crippen LogP contribution is 2.39. The average Bonchev–Trinajstić information content (AvgIpc) is 2.88. The molecule has 1 aliphatic carbocycles. The number of nitrogens with one attached hydrogen (secondary N) is 1. The molecule has 0 unspecified atom stereocenters. The summed E-state index contributed by atoms with van der Waals surface area (Å²) in [5, 5.41) is 4.45. The van der Waals surface area contributed by atoms with Gasteiger partial charge in [0.05, 0.1) is 10.6 Å². The molecule has 2 rings (SSSR count). The Labute approximate surface area is 135 Å². The molecule has 0 aromatic heterocycles. The fraction of sp³-hybridized carbons (Fsp3) is 0.500. The molecular weight excluding hydrogens is 393 g/mol. The summed E-state index contributed by atoms with van der Waals surface area (Å²) in [6.45, 7) is 0.708. The number of carbonyl (C=O) groups excluding carboxylic acids is 1. The van der Waals surface area contributed by atoms with E-state index in [-0.39, 0.29) is 11.3 Å². The molecule has 0 bridgehead atoms. The zero-order chi connectivity index (χ0) is 13.9. The molecule has 1 N–H and O–H groups in total. The Morgan fingerprint density at radius 1 is 1.37 bits per heavy atom. The lowest BCUT2D eigenvalue weighted by Gasteiger charge is -2.26. The molecule has 1 amide bonds. The van der Waals surface area contributed by atoms with Crippen LogP contribution in [0.25, 0.3) is 0 Å². The van der Waals surface area contributed by atoms with Crippen LogP contribution in [0.5, 0.6) is 0 Å². The fourth-order valence-electron chi connectivity index (χ4n) is 2.52.